The van der Waals surface area contributed by atoms with E-state index in [2.05, 4.69) is 4.74 Å². The van der Waals surface area contributed by atoms with Gasteiger partial charge in [0, 0.05) is 0 Å². The van der Waals surface area contributed by atoms with E-state index in [9.17, 15) is 36.4 Å². The second-order valence-electron chi connectivity index (χ2n) is 10.9. The van der Waals surface area contributed by atoms with Crippen molar-refractivity contribution in [2.24, 2.45) is 11.8 Å². The molecule has 2 bridgehead atoms. The first kappa shape index (κ1) is 31.5. The summed E-state index contributed by atoms with van der Waals surface area (Å²) in [6, 6.07) is 0. The van der Waals surface area contributed by atoms with E-state index in [0.717, 1.165) is 44.9 Å². The molecule has 7 atom stereocenters. The Labute approximate surface area is 235 Å². The van der Waals surface area contributed by atoms with Gasteiger partial charge in [0.25, 0.3) is 0 Å². The fourth-order valence-electron chi connectivity index (χ4n) is 6.03. The lowest BCUT2D eigenvalue weighted by Gasteiger charge is -2.38. The Morgan fingerprint density at radius 2 is 1.76 bits per heavy atom. The summed E-state index contributed by atoms with van der Waals surface area (Å²) in [4.78, 5) is 50.3. The zero-order chi connectivity index (χ0) is 30.2. The van der Waals surface area contributed by atoms with Gasteiger partial charge in [-0.3, -0.25) is 14.1 Å². The second kappa shape index (κ2) is 12.1. The fourth-order valence-corrected chi connectivity index (χ4v) is 6.50. The van der Waals surface area contributed by atoms with Crippen LogP contribution >= 0.6 is 0 Å². The molecular formula is C25H34F2O13S. The van der Waals surface area contributed by atoms with Crippen molar-refractivity contribution in [1.82, 2.24) is 0 Å². The molecule has 1 aliphatic carbocycles. The number of hydrogen-bond acceptors (Lipinski definition) is 12. The maximum absolute atomic E-state index is 13.5. The van der Waals surface area contributed by atoms with Crippen molar-refractivity contribution >= 4 is 34.0 Å². The van der Waals surface area contributed by atoms with Crippen LogP contribution in [0, 0.1) is 11.8 Å². The zero-order valence-electron chi connectivity index (χ0n) is 22.6. The molecule has 232 valence electrons. The van der Waals surface area contributed by atoms with Crippen molar-refractivity contribution in [2.75, 3.05) is 13.2 Å². The van der Waals surface area contributed by atoms with Crippen LogP contribution in [0.1, 0.15) is 65.2 Å². The molecule has 0 radical (unpaired) electrons. The summed E-state index contributed by atoms with van der Waals surface area (Å²) in [6.07, 6.45) is 0.435. The number of halogens is 2. The van der Waals surface area contributed by atoms with Gasteiger partial charge in [0.15, 0.2) is 18.3 Å². The summed E-state index contributed by atoms with van der Waals surface area (Å²) in [5, 5.41) is -4.76. The number of esters is 4. The number of unbranched alkanes of at least 4 members (excludes halogenated alkanes) is 1. The van der Waals surface area contributed by atoms with Gasteiger partial charge in [-0.1, -0.05) is 19.8 Å². The van der Waals surface area contributed by atoms with Gasteiger partial charge in [-0.2, -0.15) is 17.2 Å². The molecular weight excluding hydrogens is 578 g/mol. The van der Waals surface area contributed by atoms with E-state index >= 15 is 0 Å². The van der Waals surface area contributed by atoms with E-state index in [-0.39, 0.29) is 0 Å². The number of carbonyl (C=O) groups excluding carboxylic acids is 4. The molecule has 0 spiro atoms. The van der Waals surface area contributed by atoms with Crippen molar-refractivity contribution in [2.45, 2.75) is 107 Å². The van der Waals surface area contributed by atoms with Crippen LogP contribution in [0.3, 0.4) is 0 Å². The Morgan fingerprint density at radius 3 is 2.39 bits per heavy atom. The standard InChI is InChI=1S/C25H34F2O13S/c1-3-4-8-24(9-6-5-7-10-24)40-23(31)17-16-18-21(39-22(16)30)20(19(17)38-18)37-15(29)12-35-11-14(28)36-13(2)25(26,27)41(32,33)34/h13,16-21H,3-12H2,1-2H3,(H,32,33,34). The first-order valence-electron chi connectivity index (χ1n) is 13.6. The summed E-state index contributed by atoms with van der Waals surface area (Å²) in [5.41, 5.74) is -0.619. The highest BCUT2D eigenvalue weighted by Crippen LogP contribution is 2.52. The maximum Gasteiger partial charge on any atom is 0.405 e. The summed E-state index contributed by atoms with van der Waals surface area (Å²) >= 11 is 0. The number of carbonyl (C=O) groups is 4. The second-order valence-corrected chi connectivity index (χ2v) is 12.4. The van der Waals surface area contributed by atoms with Gasteiger partial charge < -0.3 is 28.4 Å². The molecule has 13 nitrogen and oxygen atoms in total. The molecule has 3 heterocycles. The molecule has 7 unspecified atom stereocenters. The van der Waals surface area contributed by atoms with E-state index in [1.807, 2.05) is 6.92 Å². The predicted octanol–water partition coefficient (Wildman–Crippen LogP) is 1.70. The molecule has 1 saturated carbocycles. The molecule has 1 N–H and O–H groups in total. The first-order valence-corrected chi connectivity index (χ1v) is 15.0. The van der Waals surface area contributed by atoms with Crippen LogP contribution in [0.2, 0.25) is 0 Å². The maximum atomic E-state index is 13.5. The van der Waals surface area contributed by atoms with Crippen molar-refractivity contribution in [3.05, 3.63) is 0 Å². The molecule has 16 heteroatoms. The van der Waals surface area contributed by atoms with Gasteiger partial charge >= 0.3 is 39.2 Å². The highest BCUT2D eigenvalue weighted by molar-refractivity contribution is 7.86. The predicted molar refractivity (Wildman–Crippen MR) is 130 cm³/mol. The molecule has 0 aromatic carbocycles. The fraction of sp³-hybridized carbons (Fsp3) is 0.840. The highest BCUT2D eigenvalue weighted by atomic mass is 32.2. The van der Waals surface area contributed by atoms with Gasteiger partial charge in [-0.15, -0.1) is 0 Å². The normalized spacial score (nSPS) is 30.9. The van der Waals surface area contributed by atoms with Gasteiger partial charge in [0.05, 0.1) is 0 Å². The minimum Gasteiger partial charge on any atom is -0.459 e. The highest BCUT2D eigenvalue weighted by Gasteiger charge is 2.72. The van der Waals surface area contributed by atoms with Crippen molar-refractivity contribution in [1.29, 1.82) is 0 Å². The van der Waals surface area contributed by atoms with Crippen LogP contribution in [-0.2, 0) is 57.7 Å². The third-order valence-electron chi connectivity index (χ3n) is 8.08. The Hall–Kier alpha value is -2.43. The lowest BCUT2D eigenvalue weighted by Crippen LogP contribution is -2.50. The minimum atomic E-state index is -5.84. The molecule has 3 saturated heterocycles. The average Bonchev–Trinajstić information content (AvgIpc) is 3.51. The van der Waals surface area contributed by atoms with Gasteiger partial charge in [-0.05, 0) is 45.4 Å². The SMILES string of the molecule is CCCCC1(OC(=O)C2C3OC4C(OC(=O)C42)C3OC(=O)COCC(=O)OC(C)C(F)(F)S(=O)(=O)O)CCCCC1. The monoisotopic (exact) mass is 612 g/mol. The minimum absolute atomic E-state index is 0.548. The molecule has 0 aromatic heterocycles. The largest absolute Gasteiger partial charge is 0.459 e. The lowest BCUT2D eigenvalue weighted by molar-refractivity contribution is -0.179. The summed E-state index contributed by atoms with van der Waals surface area (Å²) in [5.74, 6) is -5.64. The molecule has 4 aliphatic rings. The smallest absolute Gasteiger partial charge is 0.405 e. The number of rotatable bonds is 13. The van der Waals surface area contributed by atoms with E-state index in [1.54, 1.807) is 0 Å². The van der Waals surface area contributed by atoms with Crippen LogP contribution in [0.15, 0.2) is 0 Å². The van der Waals surface area contributed by atoms with Crippen LogP contribution in [0.25, 0.3) is 0 Å². The van der Waals surface area contributed by atoms with Crippen LogP contribution in [0.4, 0.5) is 8.78 Å². The van der Waals surface area contributed by atoms with Gasteiger partial charge in [0.1, 0.15) is 42.9 Å². The molecule has 0 amide bonds. The number of hydrogen-bond donors (Lipinski definition) is 1. The summed E-state index contributed by atoms with van der Waals surface area (Å²) < 4.78 is 88.9. The van der Waals surface area contributed by atoms with E-state index < -0.39 is 100 Å². The molecule has 3 aliphatic heterocycles. The first-order chi connectivity index (χ1) is 19.2. The Balaban J connectivity index is 1.33. The van der Waals surface area contributed by atoms with Crippen LogP contribution in [0.5, 0.6) is 0 Å². The molecule has 4 fully saturated rings. The molecule has 0 aromatic rings. The number of fused-ring (bicyclic) bond motifs is 1. The van der Waals surface area contributed by atoms with Crippen LogP contribution in [-0.4, -0.2) is 91.4 Å². The topological polar surface area (TPSA) is 178 Å². The Morgan fingerprint density at radius 1 is 1.10 bits per heavy atom. The summed E-state index contributed by atoms with van der Waals surface area (Å²) in [6.45, 7) is 0.715. The molecule has 4 rings (SSSR count). The quantitative estimate of drug-likeness (QED) is 0.181. The van der Waals surface area contributed by atoms with Crippen molar-refractivity contribution in [3.8, 4) is 0 Å². The number of ether oxygens (including phenoxy) is 6. The van der Waals surface area contributed by atoms with Crippen molar-refractivity contribution in [3.63, 3.8) is 0 Å². The van der Waals surface area contributed by atoms with E-state index in [1.165, 1.54) is 0 Å². The van der Waals surface area contributed by atoms with E-state index in [0.29, 0.717) is 13.3 Å². The Kier molecular flexibility index (Phi) is 9.26. The average molecular weight is 613 g/mol. The van der Waals surface area contributed by atoms with Crippen LogP contribution < -0.4 is 0 Å². The van der Waals surface area contributed by atoms with Gasteiger partial charge in [0.2, 0.25) is 0 Å². The Bertz CT molecular complexity index is 1140. The van der Waals surface area contributed by atoms with E-state index in [4.69, 9.17) is 28.2 Å². The lowest BCUT2D eigenvalue weighted by atomic mass is 9.77. The number of alkyl halides is 2. The summed E-state index contributed by atoms with van der Waals surface area (Å²) in [7, 11) is -5.84. The third kappa shape index (κ3) is 6.34. The molecule has 41 heavy (non-hydrogen) atoms. The third-order valence-corrected chi connectivity index (χ3v) is 9.10. The van der Waals surface area contributed by atoms with Gasteiger partial charge in [-0.25, -0.2) is 9.59 Å². The van der Waals surface area contributed by atoms with Crippen molar-refractivity contribution < 1.29 is 69.4 Å². The zero-order valence-corrected chi connectivity index (χ0v) is 23.4.